The SMILES string of the molecule is CCCCCS(=O)(=O)CCOc1ccccc1CN. The van der Waals surface area contributed by atoms with Crippen molar-refractivity contribution < 1.29 is 13.2 Å². The Kier molecular flexibility index (Phi) is 6.87. The topological polar surface area (TPSA) is 69.4 Å². The van der Waals surface area contributed by atoms with Gasteiger partial charge in [-0.15, -0.1) is 0 Å². The van der Waals surface area contributed by atoms with Gasteiger partial charge in [0.15, 0.2) is 9.84 Å². The lowest BCUT2D eigenvalue weighted by atomic mass is 10.2. The minimum absolute atomic E-state index is 0.0651. The van der Waals surface area contributed by atoms with Crippen molar-refractivity contribution in [1.82, 2.24) is 0 Å². The van der Waals surface area contributed by atoms with Gasteiger partial charge in [0.05, 0.1) is 11.5 Å². The van der Waals surface area contributed by atoms with Crippen molar-refractivity contribution in [1.29, 1.82) is 0 Å². The van der Waals surface area contributed by atoms with Crippen LogP contribution in [0.25, 0.3) is 0 Å². The van der Waals surface area contributed by atoms with Crippen LogP contribution in [0.4, 0.5) is 0 Å². The molecule has 0 fully saturated rings. The zero-order valence-corrected chi connectivity index (χ0v) is 12.3. The first-order chi connectivity index (χ1) is 9.09. The van der Waals surface area contributed by atoms with Gasteiger partial charge in [-0.05, 0) is 12.5 Å². The van der Waals surface area contributed by atoms with E-state index in [0.29, 0.717) is 12.3 Å². The van der Waals surface area contributed by atoms with Crippen molar-refractivity contribution in [2.75, 3.05) is 18.1 Å². The van der Waals surface area contributed by atoms with E-state index in [1.807, 2.05) is 24.3 Å². The summed E-state index contributed by atoms with van der Waals surface area (Å²) in [5, 5.41) is 0. The van der Waals surface area contributed by atoms with Crippen LogP contribution in [0.1, 0.15) is 31.7 Å². The number of ether oxygens (including phenoxy) is 1. The fourth-order valence-electron chi connectivity index (χ4n) is 1.77. The van der Waals surface area contributed by atoms with Crippen LogP contribution in [0.15, 0.2) is 24.3 Å². The lowest BCUT2D eigenvalue weighted by Gasteiger charge is -2.10. The van der Waals surface area contributed by atoms with Crippen LogP contribution in [-0.2, 0) is 16.4 Å². The lowest BCUT2D eigenvalue weighted by molar-refractivity contribution is 0.337. The van der Waals surface area contributed by atoms with Crippen molar-refractivity contribution in [3.05, 3.63) is 29.8 Å². The first-order valence-electron chi connectivity index (χ1n) is 6.70. The highest BCUT2D eigenvalue weighted by molar-refractivity contribution is 7.91. The Morgan fingerprint density at radius 1 is 1.16 bits per heavy atom. The molecule has 0 heterocycles. The normalized spacial score (nSPS) is 11.5. The molecular weight excluding hydrogens is 262 g/mol. The monoisotopic (exact) mass is 285 g/mol. The van der Waals surface area contributed by atoms with Crippen LogP contribution >= 0.6 is 0 Å². The summed E-state index contributed by atoms with van der Waals surface area (Å²) in [4.78, 5) is 0. The van der Waals surface area contributed by atoms with E-state index in [9.17, 15) is 8.42 Å². The van der Waals surface area contributed by atoms with E-state index in [2.05, 4.69) is 6.92 Å². The van der Waals surface area contributed by atoms with E-state index >= 15 is 0 Å². The molecule has 0 unspecified atom stereocenters. The van der Waals surface area contributed by atoms with Gasteiger partial charge in [0.2, 0.25) is 0 Å². The number of unbranched alkanes of at least 4 members (excludes halogenated alkanes) is 2. The van der Waals surface area contributed by atoms with Gasteiger partial charge in [0.25, 0.3) is 0 Å². The van der Waals surface area contributed by atoms with E-state index in [1.165, 1.54) is 0 Å². The quantitative estimate of drug-likeness (QED) is 0.706. The van der Waals surface area contributed by atoms with Crippen LogP contribution in [0.5, 0.6) is 5.75 Å². The number of hydrogen-bond acceptors (Lipinski definition) is 4. The van der Waals surface area contributed by atoms with Gasteiger partial charge in [-0.1, -0.05) is 38.0 Å². The highest BCUT2D eigenvalue weighted by atomic mass is 32.2. The molecule has 1 rings (SSSR count). The summed E-state index contributed by atoms with van der Waals surface area (Å²) < 4.78 is 29.0. The van der Waals surface area contributed by atoms with Gasteiger partial charge in [-0.3, -0.25) is 0 Å². The second-order valence-electron chi connectivity index (χ2n) is 4.52. The third kappa shape index (κ3) is 6.07. The third-order valence-electron chi connectivity index (χ3n) is 2.90. The molecule has 19 heavy (non-hydrogen) atoms. The molecule has 0 spiro atoms. The Labute approximate surface area is 115 Å². The molecule has 0 aliphatic carbocycles. The Morgan fingerprint density at radius 2 is 1.89 bits per heavy atom. The smallest absolute Gasteiger partial charge is 0.153 e. The van der Waals surface area contributed by atoms with Crippen molar-refractivity contribution in [3.8, 4) is 5.75 Å². The minimum Gasteiger partial charge on any atom is -0.492 e. The molecule has 1 aromatic rings. The number of hydrogen-bond donors (Lipinski definition) is 1. The standard InChI is InChI=1S/C14H23NO3S/c1-2-3-6-10-19(16,17)11-9-18-14-8-5-4-7-13(14)12-15/h4-5,7-8H,2-3,6,9-12,15H2,1H3. The Bertz CT molecular complexity index is 471. The van der Waals surface area contributed by atoms with E-state index in [4.69, 9.17) is 10.5 Å². The molecule has 0 bridgehead atoms. The summed E-state index contributed by atoms with van der Waals surface area (Å²) in [7, 11) is -3.00. The second kappa shape index (κ2) is 8.17. The predicted octanol–water partition coefficient (Wildman–Crippen LogP) is 2.13. The molecule has 4 nitrogen and oxygen atoms in total. The summed E-state index contributed by atoms with van der Waals surface area (Å²) in [6.07, 6.45) is 2.71. The maximum absolute atomic E-state index is 11.7. The predicted molar refractivity (Wildman–Crippen MR) is 78.0 cm³/mol. The largest absolute Gasteiger partial charge is 0.492 e. The summed E-state index contributed by atoms with van der Waals surface area (Å²) in [5.74, 6) is 0.993. The maximum atomic E-state index is 11.7. The van der Waals surface area contributed by atoms with Crippen LogP contribution in [0.2, 0.25) is 0 Å². The molecule has 0 radical (unpaired) electrons. The highest BCUT2D eigenvalue weighted by Gasteiger charge is 2.11. The summed E-state index contributed by atoms with van der Waals surface area (Å²) in [6.45, 7) is 2.63. The van der Waals surface area contributed by atoms with E-state index < -0.39 is 9.84 Å². The number of sulfone groups is 1. The number of para-hydroxylation sites is 1. The second-order valence-corrected chi connectivity index (χ2v) is 6.82. The van der Waals surface area contributed by atoms with Crippen molar-refractivity contribution in [3.63, 3.8) is 0 Å². The molecule has 2 N–H and O–H groups in total. The average Bonchev–Trinajstić information content (AvgIpc) is 2.39. The summed E-state index contributed by atoms with van der Waals surface area (Å²) in [5.41, 5.74) is 6.49. The third-order valence-corrected chi connectivity index (χ3v) is 4.60. The van der Waals surface area contributed by atoms with Crippen LogP contribution in [0.3, 0.4) is 0 Å². The number of benzene rings is 1. The van der Waals surface area contributed by atoms with Gasteiger partial charge in [0.1, 0.15) is 12.4 Å². The summed E-state index contributed by atoms with van der Waals surface area (Å²) >= 11 is 0. The van der Waals surface area contributed by atoms with Gasteiger partial charge in [-0.25, -0.2) is 8.42 Å². The van der Waals surface area contributed by atoms with Crippen LogP contribution < -0.4 is 10.5 Å². The van der Waals surface area contributed by atoms with Crippen molar-refractivity contribution in [2.24, 2.45) is 5.73 Å². The zero-order chi connectivity index (χ0) is 14.1. The Hall–Kier alpha value is -1.07. The fourth-order valence-corrected chi connectivity index (χ4v) is 2.95. The average molecular weight is 285 g/mol. The van der Waals surface area contributed by atoms with Crippen LogP contribution in [-0.4, -0.2) is 26.5 Å². The Morgan fingerprint density at radius 3 is 2.58 bits per heavy atom. The highest BCUT2D eigenvalue weighted by Crippen LogP contribution is 2.17. The fraction of sp³-hybridized carbons (Fsp3) is 0.571. The zero-order valence-electron chi connectivity index (χ0n) is 11.5. The van der Waals surface area contributed by atoms with E-state index in [0.717, 1.165) is 24.8 Å². The van der Waals surface area contributed by atoms with Gasteiger partial charge >= 0.3 is 0 Å². The molecule has 1 aromatic carbocycles. The molecule has 0 saturated heterocycles. The van der Waals surface area contributed by atoms with E-state index in [1.54, 1.807) is 0 Å². The number of nitrogens with two attached hydrogens (primary N) is 1. The first kappa shape index (κ1) is 16.0. The minimum atomic E-state index is -3.00. The van der Waals surface area contributed by atoms with Gasteiger partial charge in [0, 0.05) is 12.1 Å². The Balaban J connectivity index is 2.41. The molecule has 0 aliphatic heterocycles. The van der Waals surface area contributed by atoms with Crippen molar-refractivity contribution in [2.45, 2.75) is 32.7 Å². The first-order valence-corrected chi connectivity index (χ1v) is 8.52. The molecule has 0 saturated carbocycles. The summed E-state index contributed by atoms with van der Waals surface area (Å²) in [6, 6.07) is 7.43. The molecule has 0 aliphatic rings. The lowest BCUT2D eigenvalue weighted by Crippen LogP contribution is -2.17. The molecule has 0 amide bonds. The molecule has 108 valence electrons. The van der Waals surface area contributed by atoms with Gasteiger partial charge < -0.3 is 10.5 Å². The van der Waals surface area contributed by atoms with Crippen LogP contribution in [0, 0.1) is 0 Å². The number of rotatable bonds is 9. The van der Waals surface area contributed by atoms with Gasteiger partial charge in [-0.2, -0.15) is 0 Å². The molecule has 5 heteroatoms. The van der Waals surface area contributed by atoms with Crippen molar-refractivity contribution >= 4 is 9.84 Å². The van der Waals surface area contributed by atoms with E-state index in [-0.39, 0.29) is 18.1 Å². The molecular formula is C14H23NO3S. The molecule has 0 aromatic heterocycles. The molecule has 0 atom stereocenters. The maximum Gasteiger partial charge on any atom is 0.153 e.